The number of allylic oxidation sites excluding steroid dienone is 1. The number of unbranched alkanes of at least 4 members (excludes halogenated alkanes) is 1. The maximum absolute atomic E-state index is 13.6. The van der Waals surface area contributed by atoms with E-state index >= 15 is 0 Å². The monoisotopic (exact) mass is 1740 g/mol. The van der Waals surface area contributed by atoms with Crippen molar-refractivity contribution in [3.05, 3.63) is 313 Å². The zero-order chi connectivity index (χ0) is 81.7. The van der Waals surface area contributed by atoms with E-state index in [4.69, 9.17) is 67.0 Å². The maximum atomic E-state index is 13.6. The summed E-state index contributed by atoms with van der Waals surface area (Å²) in [6, 6.07) is 60.2. The first-order valence-electron chi connectivity index (χ1n) is 35.9. The number of hydrogen-bond acceptors (Lipinski definition) is 19. The fraction of sp³-hybridized carbons (Fsp3) is 0.0795. The largest absolute Gasteiger partial charge is 0.481 e. The Morgan fingerprint density at radius 3 is 1.09 bits per heavy atom. The first-order chi connectivity index (χ1) is 56.9. The van der Waals surface area contributed by atoms with Gasteiger partial charge in [0.1, 0.15) is 46.5 Å². The number of rotatable bonds is 21. The van der Waals surface area contributed by atoms with Crippen LogP contribution in [0.4, 0.5) is 63.6 Å². The van der Waals surface area contributed by atoms with E-state index in [1.165, 1.54) is 48.5 Å². The number of anilines is 8. The van der Waals surface area contributed by atoms with Gasteiger partial charge in [-0.15, -0.1) is 0 Å². The van der Waals surface area contributed by atoms with E-state index in [1.54, 1.807) is 86.0 Å². The molecule has 8 aromatic heterocycles. The summed E-state index contributed by atoms with van der Waals surface area (Å²) in [7, 11) is 0. The lowest BCUT2D eigenvalue weighted by molar-refractivity contribution is -0.137. The second kappa shape index (κ2) is 39.2. The van der Waals surface area contributed by atoms with Crippen LogP contribution in [0.2, 0.25) is 20.1 Å². The van der Waals surface area contributed by atoms with Crippen LogP contribution in [0.25, 0.3) is 95.2 Å². The molecule has 0 aliphatic rings. The van der Waals surface area contributed by atoms with Gasteiger partial charge in [0.2, 0.25) is 0 Å². The van der Waals surface area contributed by atoms with Crippen LogP contribution in [0.15, 0.2) is 250 Å². The smallest absolute Gasteiger partial charge is 0.303 e. The average molecular weight is 1750 g/mol. The molecule has 0 amide bonds. The van der Waals surface area contributed by atoms with Crippen LogP contribution in [-0.4, -0.2) is 70.9 Å². The third-order valence-corrected chi connectivity index (χ3v) is 19.3. The fourth-order valence-electron chi connectivity index (χ4n) is 11.8. The summed E-state index contributed by atoms with van der Waals surface area (Å²) in [6.45, 7) is 0. The molecule has 8 aromatic carbocycles. The third-order valence-electron chi connectivity index (χ3n) is 17.4. The number of nitrogens with one attached hydrogen (secondary N) is 4. The number of nitrogens with zero attached hydrogens (tertiary/aromatic N) is 14. The van der Waals surface area contributed by atoms with Gasteiger partial charge in [-0.05, 0) is 241 Å². The second-order valence-corrected chi connectivity index (χ2v) is 28.6. The summed E-state index contributed by atoms with van der Waals surface area (Å²) >= 11 is 25.9. The summed E-state index contributed by atoms with van der Waals surface area (Å²) in [6.07, 6.45) is 20.9. The number of halogens is 9. The van der Waals surface area contributed by atoms with Crippen LogP contribution >= 0.6 is 69.0 Å². The van der Waals surface area contributed by atoms with Gasteiger partial charge in [0, 0.05) is 133 Å². The number of pyridine rings is 4. The van der Waals surface area contributed by atoms with Gasteiger partial charge in [0.25, 0.3) is 0 Å². The van der Waals surface area contributed by atoms with Crippen molar-refractivity contribution in [2.24, 2.45) is 0 Å². The highest BCUT2D eigenvalue weighted by molar-refractivity contribution is 14.1. The lowest BCUT2D eigenvalue weighted by Gasteiger charge is -2.13. The molecule has 578 valence electrons. The molecular weight excluding hydrogens is 1690 g/mol. The quantitative estimate of drug-likeness (QED) is 0.0254. The second-order valence-electron chi connectivity index (χ2n) is 25.7. The molecular formula is C88H61Cl4F4IN18O2. The molecule has 0 unspecified atom stereocenters. The zero-order valence-corrected chi connectivity index (χ0v) is 66.4. The number of aliphatic carboxylic acids is 1. The predicted molar refractivity (Wildman–Crippen MR) is 461 cm³/mol. The molecule has 16 aromatic rings. The number of aromatic nitrogens is 12. The summed E-state index contributed by atoms with van der Waals surface area (Å²) in [5.74, 6) is 1.64. The van der Waals surface area contributed by atoms with Crippen LogP contribution in [0.3, 0.4) is 0 Å². The number of nitriles is 2. The van der Waals surface area contributed by atoms with Crippen molar-refractivity contribution >= 4 is 171 Å². The number of hydrogen-bond donors (Lipinski definition) is 5. The van der Waals surface area contributed by atoms with Crippen molar-refractivity contribution in [3.63, 3.8) is 0 Å². The minimum Gasteiger partial charge on any atom is -0.481 e. The molecule has 16 rings (SSSR count). The maximum Gasteiger partial charge on any atom is 0.303 e. The van der Waals surface area contributed by atoms with E-state index in [2.05, 4.69) is 111 Å². The van der Waals surface area contributed by atoms with Crippen LogP contribution in [0.1, 0.15) is 48.8 Å². The minimum atomic E-state index is -0.819. The molecule has 0 aliphatic carbocycles. The van der Waals surface area contributed by atoms with E-state index < -0.39 is 29.2 Å². The molecule has 0 saturated heterocycles. The molecule has 0 spiro atoms. The number of carboxylic acid groups (broad SMARTS) is 1. The van der Waals surface area contributed by atoms with Crippen molar-refractivity contribution in [2.45, 2.75) is 44.9 Å². The molecule has 0 aliphatic heterocycles. The highest BCUT2D eigenvalue weighted by atomic mass is 127. The van der Waals surface area contributed by atoms with E-state index in [-0.39, 0.29) is 26.5 Å². The van der Waals surface area contributed by atoms with Crippen molar-refractivity contribution < 1.29 is 27.5 Å². The Morgan fingerprint density at radius 1 is 0.410 bits per heavy atom. The first-order valence-corrected chi connectivity index (χ1v) is 38.5. The third kappa shape index (κ3) is 21.8. The first kappa shape index (κ1) is 81.7. The fourth-order valence-corrected chi connectivity index (χ4v) is 13.0. The van der Waals surface area contributed by atoms with Gasteiger partial charge in [0.15, 0.2) is 23.3 Å². The van der Waals surface area contributed by atoms with E-state index in [0.717, 1.165) is 93.5 Å². The van der Waals surface area contributed by atoms with Gasteiger partial charge in [-0.2, -0.15) is 10.5 Å². The van der Waals surface area contributed by atoms with E-state index in [0.29, 0.717) is 101 Å². The molecule has 20 nitrogen and oxygen atoms in total. The predicted octanol–water partition coefficient (Wildman–Crippen LogP) is 23.7. The van der Waals surface area contributed by atoms with Crippen LogP contribution in [-0.2, 0) is 17.6 Å². The van der Waals surface area contributed by atoms with E-state index in [9.17, 15) is 22.4 Å². The Morgan fingerprint density at radius 2 is 0.752 bits per heavy atom. The lowest BCUT2D eigenvalue weighted by Crippen LogP contribution is -2.01. The number of benzene rings is 8. The molecule has 0 saturated carbocycles. The molecule has 8 heterocycles. The molecule has 0 bridgehead atoms. The Hall–Kier alpha value is -13.3. The summed E-state index contributed by atoms with van der Waals surface area (Å²) in [5.41, 5.74) is 11.6. The van der Waals surface area contributed by atoms with Crippen molar-refractivity contribution in [2.75, 3.05) is 21.3 Å². The Labute approximate surface area is 700 Å². The van der Waals surface area contributed by atoms with Crippen LogP contribution < -0.4 is 21.3 Å². The van der Waals surface area contributed by atoms with Crippen LogP contribution in [0.5, 0.6) is 0 Å². The number of carboxylic acids is 1. The van der Waals surface area contributed by atoms with Crippen LogP contribution in [0, 0.1) is 49.5 Å². The number of carbonyl (C=O) groups is 1. The normalized spacial score (nSPS) is 10.9. The van der Waals surface area contributed by atoms with E-state index in [1.807, 2.05) is 121 Å². The Bertz CT molecular complexity index is 6430. The van der Waals surface area contributed by atoms with Gasteiger partial charge in [0.05, 0.1) is 60.7 Å². The molecule has 0 atom stereocenters. The van der Waals surface area contributed by atoms with Crippen molar-refractivity contribution in [1.82, 2.24) is 59.8 Å². The Kier molecular flexibility index (Phi) is 27.4. The SMILES string of the molecule is Fc1ccc(Nc2nc(-c3cccnc3)nc3ccc(I)cc23)cc1Cl.N#CC/C=C/c1ccc2nc(-c3cccnc3)nc(Nc3ccc(F)c(Cl)c3)c2c1.N#CCCCc1ccc2nc(-c3cccnc3)nc(Nc3ccc(F)c(Cl)c3)c2c1.O=C(O)CCCc1ccc2nc(-c3cccnc3)nc(Nc3ccc(F)c(Cl)c3)c2c1. The Balaban J connectivity index is 0.000000136. The minimum absolute atomic E-state index is 0.00482. The summed E-state index contributed by atoms with van der Waals surface area (Å²) in [5, 5.41) is 42.6. The number of fused-ring (bicyclic) bond motifs is 4. The number of aryl methyl sites for hydroxylation is 2. The topological polar surface area (TPSA) is 288 Å². The molecule has 5 N–H and O–H groups in total. The summed E-state index contributed by atoms with van der Waals surface area (Å²) < 4.78 is 55.2. The van der Waals surface area contributed by atoms with Gasteiger partial charge in [-0.1, -0.05) is 76.8 Å². The standard InChI is InChI=1S/C23H17ClFN5.C23H15ClFN5.C23H18ClFN4O2.C19H11ClFIN4/c2*24-19-13-17(7-8-20(19)25)28-23-18-12-15(4-1-2-10-26)6-9-21(18)29-22(30-23)16-5-3-11-27-14-16;24-18-12-16(7-8-19(18)25)27-23-17-11-14(3-1-5-21(30)31)6-9-20(17)28-22(29-23)15-4-2-10-26-13-15;20-15-9-13(4-5-16(15)21)24-19-14-8-12(22)3-6-17(14)25-18(26-19)11-2-1-7-23-10-11/h3,5-9,11-14H,1-2,4H2,(H,28,29,30);1,3-9,11-14H,2H2,(H,28,29,30);2,4,6-13H,1,3,5H2,(H,30,31)(H,27,28,29);1-10H,(H,24,25,26)/b;4-1+;;. The molecule has 29 heteroatoms. The summed E-state index contributed by atoms with van der Waals surface area (Å²) in [4.78, 5) is 64.7. The highest BCUT2D eigenvalue weighted by Gasteiger charge is 2.19. The molecule has 0 fully saturated rings. The van der Waals surface area contributed by atoms with Crippen molar-refractivity contribution in [1.29, 1.82) is 10.5 Å². The lowest BCUT2D eigenvalue weighted by atomic mass is 10.1. The van der Waals surface area contributed by atoms with Gasteiger partial charge in [-0.25, -0.2) is 57.4 Å². The highest BCUT2D eigenvalue weighted by Crippen LogP contribution is 2.36. The van der Waals surface area contributed by atoms with Gasteiger partial charge in [-0.3, -0.25) is 24.7 Å². The molecule has 0 radical (unpaired) electrons. The van der Waals surface area contributed by atoms with Crippen molar-refractivity contribution in [3.8, 4) is 57.7 Å². The molecule has 117 heavy (non-hydrogen) atoms. The van der Waals surface area contributed by atoms with Gasteiger partial charge < -0.3 is 26.4 Å². The van der Waals surface area contributed by atoms with Gasteiger partial charge >= 0.3 is 5.97 Å². The average Bonchev–Trinajstić information content (AvgIpc) is 0.800. The zero-order valence-electron chi connectivity index (χ0n) is 61.2.